The Labute approximate surface area is 121 Å². The molecule has 0 aliphatic carbocycles. The summed E-state index contributed by atoms with van der Waals surface area (Å²) < 4.78 is 0.878. The average molecular weight is 334 g/mol. The molecule has 0 aliphatic heterocycles. The van der Waals surface area contributed by atoms with E-state index in [2.05, 4.69) is 35.1 Å². The van der Waals surface area contributed by atoms with Gasteiger partial charge in [0.2, 0.25) is 5.91 Å². The summed E-state index contributed by atoms with van der Waals surface area (Å²) in [7, 11) is 0. The summed E-state index contributed by atoms with van der Waals surface area (Å²) in [6, 6.07) is 5.35. The van der Waals surface area contributed by atoms with Gasteiger partial charge in [0.15, 0.2) is 0 Å². The molecule has 1 aromatic carbocycles. The zero-order valence-electron chi connectivity index (χ0n) is 10.5. The molecule has 0 aliphatic rings. The van der Waals surface area contributed by atoms with Crippen LogP contribution < -0.4 is 11.1 Å². The van der Waals surface area contributed by atoms with Crippen LogP contribution in [0, 0.1) is 11.8 Å². The highest BCUT2D eigenvalue weighted by Crippen LogP contribution is 2.26. The third kappa shape index (κ3) is 4.59. The fraction of sp³-hybridized carbons (Fsp3) is 0.462. The van der Waals surface area contributed by atoms with Crippen LogP contribution in [0.25, 0.3) is 0 Å². The van der Waals surface area contributed by atoms with Crippen LogP contribution in [0.4, 0.5) is 5.69 Å². The van der Waals surface area contributed by atoms with E-state index in [0.29, 0.717) is 23.2 Å². The molecule has 1 atom stereocenters. The topological polar surface area (TPSA) is 55.1 Å². The first-order valence-electron chi connectivity index (χ1n) is 5.90. The Morgan fingerprint density at radius 2 is 2.17 bits per heavy atom. The molecule has 5 heteroatoms. The maximum atomic E-state index is 12.1. The van der Waals surface area contributed by atoms with E-state index in [-0.39, 0.29) is 11.8 Å². The lowest BCUT2D eigenvalue weighted by Gasteiger charge is -2.17. The molecule has 3 N–H and O–H groups in total. The fourth-order valence-corrected chi connectivity index (χ4v) is 2.43. The number of hydrogen-bond acceptors (Lipinski definition) is 2. The molecule has 1 rings (SSSR count). The zero-order chi connectivity index (χ0) is 13.7. The number of benzene rings is 1. The number of amides is 1. The molecule has 1 amide bonds. The van der Waals surface area contributed by atoms with Crippen LogP contribution in [0.1, 0.15) is 20.3 Å². The molecule has 0 bridgehead atoms. The van der Waals surface area contributed by atoms with Crippen molar-refractivity contribution in [1.29, 1.82) is 0 Å². The molecule has 0 saturated carbocycles. The van der Waals surface area contributed by atoms with E-state index in [9.17, 15) is 4.79 Å². The molecular weight excluding hydrogens is 316 g/mol. The van der Waals surface area contributed by atoms with Gasteiger partial charge < -0.3 is 11.1 Å². The number of nitrogens with two attached hydrogens (primary N) is 1. The van der Waals surface area contributed by atoms with E-state index in [1.807, 2.05) is 6.07 Å². The predicted octanol–water partition coefficient (Wildman–Crippen LogP) is 3.66. The van der Waals surface area contributed by atoms with Gasteiger partial charge in [-0.15, -0.1) is 0 Å². The Morgan fingerprint density at radius 1 is 1.50 bits per heavy atom. The molecule has 0 aromatic heterocycles. The Balaban J connectivity index is 2.73. The van der Waals surface area contributed by atoms with Crippen LogP contribution in [0.2, 0.25) is 5.02 Å². The molecule has 0 radical (unpaired) electrons. The largest absolute Gasteiger partial charge is 0.330 e. The van der Waals surface area contributed by atoms with Crippen molar-refractivity contribution in [1.82, 2.24) is 0 Å². The zero-order valence-corrected chi connectivity index (χ0v) is 12.9. The van der Waals surface area contributed by atoms with E-state index >= 15 is 0 Å². The Kier molecular flexibility index (Phi) is 6.12. The van der Waals surface area contributed by atoms with E-state index in [1.165, 1.54) is 0 Å². The minimum atomic E-state index is -0.176. The van der Waals surface area contributed by atoms with Gasteiger partial charge in [-0.05, 0) is 30.5 Å². The first kappa shape index (κ1) is 15.5. The lowest BCUT2D eigenvalue weighted by atomic mass is 9.96. The SMILES string of the molecule is CC(C)CC(CN)C(=O)Nc1ccc(Br)cc1Cl. The van der Waals surface area contributed by atoms with E-state index < -0.39 is 0 Å². The molecule has 0 fully saturated rings. The van der Waals surface area contributed by atoms with Gasteiger partial charge in [0.05, 0.1) is 16.6 Å². The summed E-state index contributed by atoms with van der Waals surface area (Å²) >= 11 is 9.37. The minimum Gasteiger partial charge on any atom is -0.330 e. The van der Waals surface area contributed by atoms with Gasteiger partial charge in [0.1, 0.15) is 0 Å². The molecule has 100 valence electrons. The molecule has 3 nitrogen and oxygen atoms in total. The minimum absolute atomic E-state index is 0.0737. The summed E-state index contributed by atoms with van der Waals surface area (Å²) in [6.07, 6.45) is 0.774. The van der Waals surface area contributed by atoms with Gasteiger partial charge in [-0.1, -0.05) is 41.4 Å². The van der Waals surface area contributed by atoms with Gasteiger partial charge in [-0.2, -0.15) is 0 Å². The van der Waals surface area contributed by atoms with Crippen LogP contribution in [-0.2, 0) is 4.79 Å². The summed E-state index contributed by atoms with van der Waals surface area (Å²) in [6.45, 7) is 4.49. The predicted molar refractivity (Wildman–Crippen MR) is 79.8 cm³/mol. The second-order valence-electron chi connectivity index (χ2n) is 4.68. The van der Waals surface area contributed by atoms with Crippen molar-refractivity contribution in [3.05, 3.63) is 27.7 Å². The first-order chi connectivity index (χ1) is 8.43. The monoisotopic (exact) mass is 332 g/mol. The van der Waals surface area contributed by atoms with Gasteiger partial charge in [-0.25, -0.2) is 0 Å². The van der Waals surface area contributed by atoms with Crippen molar-refractivity contribution >= 4 is 39.1 Å². The maximum absolute atomic E-state index is 12.1. The second-order valence-corrected chi connectivity index (χ2v) is 6.00. The molecule has 1 unspecified atom stereocenters. The number of carbonyl (C=O) groups excluding carboxylic acids is 1. The fourth-order valence-electron chi connectivity index (χ4n) is 1.70. The van der Waals surface area contributed by atoms with Gasteiger partial charge in [0, 0.05) is 11.0 Å². The van der Waals surface area contributed by atoms with Gasteiger partial charge >= 0.3 is 0 Å². The van der Waals surface area contributed by atoms with Crippen LogP contribution in [0.5, 0.6) is 0 Å². The Morgan fingerprint density at radius 3 is 2.67 bits per heavy atom. The van der Waals surface area contributed by atoms with Gasteiger partial charge in [0.25, 0.3) is 0 Å². The molecule has 0 heterocycles. The maximum Gasteiger partial charge on any atom is 0.228 e. The third-order valence-electron chi connectivity index (χ3n) is 2.60. The van der Waals surface area contributed by atoms with Crippen LogP contribution in [0.3, 0.4) is 0 Å². The van der Waals surface area contributed by atoms with Crippen molar-refractivity contribution < 1.29 is 4.79 Å². The summed E-state index contributed by atoms with van der Waals surface area (Å²) in [5.74, 6) is 0.185. The molecule has 0 saturated heterocycles. The Hall–Kier alpha value is -0.580. The highest BCUT2D eigenvalue weighted by atomic mass is 79.9. The van der Waals surface area contributed by atoms with Crippen molar-refractivity contribution in [2.75, 3.05) is 11.9 Å². The second kappa shape index (κ2) is 7.12. The number of nitrogens with one attached hydrogen (secondary N) is 1. The van der Waals surface area contributed by atoms with Gasteiger partial charge in [-0.3, -0.25) is 4.79 Å². The standard InChI is InChI=1S/C13H18BrClN2O/c1-8(2)5-9(7-16)13(18)17-12-4-3-10(14)6-11(12)15/h3-4,6,8-9H,5,7,16H2,1-2H3,(H,17,18). The number of anilines is 1. The lowest BCUT2D eigenvalue weighted by Crippen LogP contribution is -2.30. The normalized spacial score (nSPS) is 12.6. The van der Waals surface area contributed by atoms with E-state index in [4.69, 9.17) is 17.3 Å². The third-order valence-corrected chi connectivity index (χ3v) is 3.41. The number of halogens is 2. The van der Waals surface area contributed by atoms with E-state index in [1.54, 1.807) is 12.1 Å². The molecule has 18 heavy (non-hydrogen) atoms. The quantitative estimate of drug-likeness (QED) is 0.864. The highest BCUT2D eigenvalue weighted by Gasteiger charge is 2.19. The molecule has 0 spiro atoms. The van der Waals surface area contributed by atoms with E-state index in [0.717, 1.165) is 10.9 Å². The smallest absolute Gasteiger partial charge is 0.228 e. The van der Waals surface area contributed by atoms with Crippen molar-refractivity contribution in [2.45, 2.75) is 20.3 Å². The number of carbonyl (C=O) groups is 1. The van der Waals surface area contributed by atoms with Crippen LogP contribution in [0.15, 0.2) is 22.7 Å². The van der Waals surface area contributed by atoms with Crippen LogP contribution in [-0.4, -0.2) is 12.5 Å². The lowest BCUT2D eigenvalue weighted by molar-refractivity contribution is -0.120. The number of rotatable bonds is 5. The molecular formula is C13H18BrClN2O. The average Bonchev–Trinajstić information content (AvgIpc) is 2.29. The summed E-state index contributed by atoms with van der Waals surface area (Å²) in [4.78, 5) is 12.1. The van der Waals surface area contributed by atoms with Crippen molar-refractivity contribution in [3.8, 4) is 0 Å². The summed E-state index contributed by atoms with van der Waals surface area (Å²) in [5, 5.41) is 3.33. The highest BCUT2D eigenvalue weighted by molar-refractivity contribution is 9.10. The Bertz CT molecular complexity index is 423. The van der Waals surface area contributed by atoms with Crippen LogP contribution >= 0.6 is 27.5 Å². The first-order valence-corrected chi connectivity index (χ1v) is 7.07. The summed E-state index contributed by atoms with van der Waals surface area (Å²) in [5.41, 5.74) is 6.25. The molecule has 1 aromatic rings. The van der Waals surface area contributed by atoms with Crippen molar-refractivity contribution in [3.63, 3.8) is 0 Å². The van der Waals surface area contributed by atoms with Crippen molar-refractivity contribution in [2.24, 2.45) is 17.6 Å². The number of hydrogen-bond donors (Lipinski definition) is 2.